The van der Waals surface area contributed by atoms with Crippen LogP contribution in [0.15, 0.2) is 23.1 Å². The summed E-state index contributed by atoms with van der Waals surface area (Å²) in [5, 5.41) is 3.99. The van der Waals surface area contributed by atoms with E-state index in [-0.39, 0.29) is 6.01 Å². The van der Waals surface area contributed by atoms with Crippen molar-refractivity contribution >= 4 is 15.9 Å². The largest absolute Gasteiger partial charge is 0.404 e. The second kappa shape index (κ2) is 4.58. The van der Waals surface area contributed by atoms with Gasteiger partial charge in [-0.15, -0.1) is 5.10 Å². The second-order valence-electron chi connectivity index (χ2n) is 3.12. The first-order valence-electron chi connectivity index (χ1n) is 4.57. The van der Waals surface area contributed by atoms with E-state index < -0.39 is 0 Å². The molecule has 0 atom stereocenters. The standard InChI is InChI=1S/C9H10BrN5O/c1-15-5-13-9(14-15)16-8-6(3-11)2-7(10)4-12-8/h2,4-5H,3,11H2,1H3. The number of rotatable bonds is 3. The second-order valence-corrected chi connectivity index (χ2v) is 4.04. The van der Waals surface area contributed by atoms with Crippen molar-refractivity contribution in [2.75, 3.05) is 0 Å². The lowest BCUT2D eigenvalue weighted by Crippen LogP contribution is -2.02. The molecule has 2 aromatic heterocycles. The molecule has 0 saturated carbocycles. The number of halogens is 1. The van der Waals surface area contributed by atoms with Crippen LogP contribution in [0.5, 0.6) is 11.9 Å². The molecule has 6 nitrogen and oxygen atoms in total. The lowest BCUT2D eigenvalue weighted by molar-refractivity contribution is 0.417. The van der Waals surface area contributed by atoms with E-state index in [2.05, 4.69) is 31.0 Å². The summed E-state index contributed by atoms with van der Waals surface area (Å²) in [7, 11) is 1.76. The number of hydrogen-bond donors (Lipinski definition) is 1. The van der Waals surface area contributed by atoms with Crippen LogP contribution in [0, 0.1) is 0 Å². The Labute approximate surface area is 101 Å². The van der Waals surface area contributed by atoms with Crippen LogP contribution in [0.25, 0.3) is 0 Å². The minimum absolute atomic E-state index is 0.257. The van der Waals surface area contributed by atoms with Crippen molar-refractivity contribution < 1.29 is 4.74 Å². The first-order chi connectivity index (χ1) is 7.69. The molecule has 0 aliphatic carbocycles. The summed E-state index contributed by atoms with van der Waals surface area (Å²) in [6.45, 7) is 0.342. The zero-order chi connectivity index (χ0) is 11.5. The summed E-state index contributed by atoms with van der Waals surface area (Å²) in [5.74, 6) is 0.428. The quantitative estimate of drug-likeness (QED) is 0.916. The summed E-state index contributed by atoms with van der Waals surface area (Å²) in [6, 6.07) is 2.11. The van der Waals surface area contributed by atoms with Crippen molar-refractivity contribution in [3.8, 4) is 11.9 Å². The van der Waals surface area contributed by atoms with E-state index in [1.165, 1.54) is 0 Å². The lowest BCUT2D eigenvalue weighted by atomic mass is 10.3. The first-order valence-corrected chi connectivity index (χ1v) is 5.36. The van der Waals surface area contributed by atoms with Crippen molar-refractivity contribution in [1.29, 1.82) is 0 Å². The Morgan fingerprint density at radius 3 is 2.94 bits per heavy atom. The van der Waals surface area contributed by atoms with E-state index in [0.717, 1.165) is 10.0 Å². The minimum atomic E-state index is 0.257. The molecule has 0 fully saturated rings. The van der Waals surface area contributed by atoms with E-state index in [4.69, 9.17) is 10.5 Å². The average Bonchev–Trinajstić information content (AvgIpc) is 2.67. The molecule has 0 spiro atoms. The molecule has 0 amide bonds. The van der Waals surface area contributed by atoms with Gasteiger partial charge < -0.3 is 10.5 Å². The van der Waals surface area contributed by atoms with Crippen molar-refractivity contribution in [2.24, 2.45) is 12.8 Å². The SMILES string of the molecule is Cn1cnc(Oc2ncc(Br)cc2CN)n1. The maximum atomic E-state index is 5.59. The molecular formula is C9H10BrN5O. The smallest absolute Gasteiger partial charge is 0.342 e. The molecule has 0 aliphatic heterocycles. The molecule has 0 unspecified atom stereocenters. The van der Waals surface area contributed by atoms with E-state index in [0.29, 0.717) is 12.4 Å². The molecule has 16 heavy (non-hydrogen) atoms. The Hall–Kier alpha value is -1.47. The number of nitrogens with two attached hydrogens (primary N) is 1. The third kappa shape index (κ3) is 2.37. The fourth-order valence-electron chi connectivity index (χ4n) is 1.16. The van der Waals surface area contributed by atoms with Crippen molar-refractivity contribution in [1.82, 2.24) is 19.7 Å². The molecular weight excluding hydrogens is 274 g/mol. The van der Waals surface area contributed by atoms with Gasteiger partial charge in [0.05, 0.1) is 0 Å². The highest BCUT2D eigenvalue weighted by Gasteiger charge is 2.08. The molecule has 0 radical (unpaired) electrons. The van der Waals surface area contributed by atoms with E-state index >= 15 is 0 Å². The maximum absolute atomic E-state index is 5.59. The number of aryl methyl sites for hydroxylation is 1. The predicted octanol–water partition coefficient (Wildman–Crippen LogP) is 1.22. The number of pyridine rings is 1. The number of hydrogen-bond acceptors (Lipinski definition) is 5. The Morgan fingerprint density at radius 2 is 2.31 bits per heavy atom. The summed E-state index contributed by atoms with van der Waals surface area (Å²) in [4.78, 5) is 8.06. The van der Waals surface area contributed by atoms with E-state index in [1.54, 1.807) is 24.3 Å². The third-order valence-electron chi connectivity index (χ3n) is 1.88. The van der Waals surface area contributed by atoms with Crippen LogP contribution >= 0.6 is 15.9 Å². The van der Waals surface area contributed by atoms with Crippen molar-refractivity contribution in [3.05, 3.63) is 28.6 Å². The molecule has 2 aromatic rings. The van der Waals surface area contributed by atoms with E-state index in [1.807, 2.05) is 6.07 Å². The van der Waals surface area contributed by atoms with Crippen molar-refractivity contribution in [3.63, 3.8) is 0 Å². The molecule has 2 N–H and O–H groups in total. The first kappa shape index (κ1) is 11.0. The van der Waals surface area contributed by atoms with Gasteiger partial charge in [-0.1, -0.05) is 0 Å². The summed E-state index contributed by atoms with van der Waals surface area (Å²) in [6.07, 6.45) is 3.19. The number of ether oxygens (including phenoxy) is 1. The van der Waals surface area contributed by atoms with Gasteiger partial charge in [-0.05, 0) is 22.0 Å². The molecule has 2 heterocycles. The summed E-state index contributed by atoms with van der Waals surface area (Å²) in [5.41, 5.74) is 6.38. The Balaban J connectivity index is 2.27. The van der Waals surface area contributed by atoms with Crippen LogP contribution in [0.2, 0.25) is 0 Å². The number of aromatic nitrogens is 4. The monoisotopic (exact) mass is 283 g/mol. The highest BCUT2D eigenvalue weighted by Crippen LogP contribution is 2.22. The molecule has 0 saturated heterocycles. The van der Waals surface area contributed by atoms with Gasteiger partial charge in [0.25, 0.3) is 0 Å². The molecule has 7 heteroatoms. The fraction of sp³-hybridized carbons (Fsp3) is 0.222. The molecule has 0 aromatic carbocycles. The normalized spacial score (nSPS) is 10.4. The van der Waals surface area contributed by atoms with Crippen LogP contribution in [0.4, 0.5) is 0 Å². The fourth-order valence-corrected chi connectivity index (χ4v) is 1.54. The topological polar surface area (TPSA) is 78.8 Å². The van der Waals surface area contributed by atoms with Crippen LogP contribution in [-0.4, -0.2) is 19.7 Å². The zero-order valence-electron chi connectivity index (χ0n) is 8.59. The van der Waals surface area contributed by atoms with Gasteiger partial charge >= 0.3 is 6.01 Å². The highest BCUT2D eigenvalue weighted by atomic mass is 79.9. The Kier molecular flexibility index (Phi) is 3.16. The van der Waals surface area contributed by atoms with Gasteiger partial charge in [-0.2, -0.15) is 4.98 Å². The van der Waals surface area contributed by atoms with Gasteiger partial charge in [0.15, 0.2) is 0 Å². The molecule has 84 valence electrons. The highest BCUT2D eigenvalue weighted by molar-refractivity contribution is 9.10. The maximum Gasteiger partial charge on any atom is 0.342 e. The summed E-state index contributed by atoms with van der Waals surface area (Å²) >= 11 is 3.32. The molecule has 0 aliphatic rings. The zero-order valence-corrected chi connectivity index (χ0v) is 10.2. The van der Waals surface area contributed by atoms with Crippen LogP contribution in [0.1, 0.15) is 5.56 Å². The molecule has 2 rings (SSSR count). The van der Waals surface area contributed by atoms with Crippen molar-refractivity contribution in [2.45, 2.75) is 6.54 Å². The van der Waals surface area contributed by atoms with Crippen LogP contribution < -0.4 is 10.5 Å². The van der Waals surface area contributed by atoms with Gasteiger partial charge in [0.2, 0.25) is 5.88 Å². The van der Waals surface area contributed by atoms with Crippen LogP contribution in [0.3, 0.4) is 0 Å². The van der Waals surface area contributed by atoms with Crippen LogP contribution in [-0.2, 0) is 13.6 Å². The van der Waals surface area contributed by atoms with Gasteiger partial charge in [-0.3, -0.25) is 4.68 Å². The van der Waals surface area contributed by atoms with Gasteiger partial charge in [0, 0.05) is 29.8 Å². The number of nitrogens with zero attached hydrogens (tertiary/aromatic N) is 4. The lowest BCUT2D eigenvalue weighted by Gasteiger charge is -2.05. The Morgan fingerprint density at radius 1 is 1.50 bits per heavy atom. The average molecular weight is 284 g/mol. The third-order valence-corrected chi connectivity index (χ3v) is 2.31. The molecule has 0 bridgehead atoms. The van der Waals surface area contributed by atoms with Gasteiger partial charge in [0.1, 0.15) is 6.33 Å². The predicted molar refractivity (Wildman–Crippen MR) is 60.9 cm³/mol. The Bertz CT molecular complexity index is 498. The minimum Gasteiger partial charge on any atom is -0.404 e. The van der Waals surface area contributed by atoms with E-state index in [9.17, 15) is 0 Å². The summed E-state index contributed by atoms with van der Waals surface area (Å²) < 4.78 is 7.83. The van der Waals surface area contributed by atoms with Gasteiger partial charge in [-0.25, -0.2) is 4.98 Å².